The Balaban J connectivity index is 1.75. The van der Waals surface area contributed by atoms with Crippen LogP contribution in [0.4, 0.5) is 10.1 Å². The van der Waals surface area contributed by atoms with Crippen LogP contribution in [-0.4, -0.2) is 20.4 Å². The average Bonchev–Trinajstić information content (AvgIpc) is 2.64. The van der Waals surface area contributed by atoms with Crippen LogP contribution in [0.3, 0.4) is 0 Å². The van der Waals surface area contributed by atoms with Crippen molar-refractivity contribution in [1.29, 1.82) is 0 Å². The monoisotopic (exact) mass is 410 g/mol. The molecule has 0 saturated heterocycles. The van der Waals surface area contributed by atoms with Crippen LogP contribution in [-0.2, 0) is 10.0 Å². The van der Waals surface area contributed by atoms with Gasteiger partial charge in [-0.15, -0.1) is 0 Å². The predicted octanol–water partition coefficient (Wildman–Crippen LogP) is 4.34. The van der Waals surface area contributed by atoms with Crippen molar-refractivity contribution in [3.63, 3.8) is 0 Å². The molecular weight excluding hydrogens is 391 g/mol. The lowest BCUT2D eigenvalue weighted by molar-refractivity contribution is 0.102. The van der Waals surface area contributed by atoms with Crippen LogP contribution in [0.25, 0.3) is 0 Å². The summed E-state index contributed by atoms with van der Waals surface area (Å²) in [6.07, 6.45) is 4.64. The summed E-state index contributed by atoms with van der Waals surface area (Å²) in [6, 6.07) is 9.69. The first kappa shape index (κ1) is 19.8. The molecule has 0 heterocycles. The number of benzene rings is 2. The molecule has 0 atom stereocenters. The van der Waals surface area contributed by atoms with E-state index in [0.29, 0.717) is 0 Å². The molecule has 1 saturated carbocycles. The Morgan fingerprint density at radius 3 is 2.44 bits per heavy atom. The summed E-state index contributed by atoms with van der Waals surface area (Å²) < 4.78 is 42.0. The molecule has 0 bridgehead atoms. The van der Waals surface area contributed by atoms with Crippen LogP contribution < -0.4 is 10.0 Å². The van der Waals surface area contributed by atoms with E-state index in [1.807, 2.05) is 0 Å². The van der Waals surface area contributed by atoms with Crippen molar-refractivity contribution in [1.82, 2.24) is 4.72 Å². The van der Waals surface area contributed by atoms with E-state index in [9.17, 15) is 17.6 Å². The largest absolute Gasteiger partial charge is 0.319 e. The highest BCUT2D eigenvalue weighted by Crippen LogP contribution is 2.24. The highest BCUT2D eigenvalue weighted by atomic mass is 35.5. The number of hydrogen-bond acceptors (Lipinski definition) is 3. The van der Waals surface area contributed by atoms with E-state index in [4.69, 9.17) is 11.6 Å². The van der Waals surface area contributed by atoms with E-state index in [1.165, 1.54) is 18.2 Å². The molecule has 1 aliphatic carbocycles. The summed E-state index contributed by atoms with van der Waals surface area (Å²) in [4.78, 5) is 12.1. The van der Waals surface area contributed by atoms with Crippen molar-refractivity contribution in [3.8, 4) is 0 Å². The van der Waals surface area contributed by atoms with Crippen molar-refractivity contribution in [2.75, 3.05) is 5.32 Å². The van der Waals surface area contributed by atoms with Crippen molar-refractivity contribution < 1.29 is 17.6 Å². The number of carbonyl (C=O) groups is 1. The van der Waals surface area contributed by atoms with Gasteiger partial charge in [-0.2, -0.15) is 0 Å². The van der Waals surface area contributed by atoms with Crippen LogP contribution in [0.15, 0.2) is 47.4 Å². The molecule has 1 aliphatic rings. The summed E-state index contributed by atoms with van der Waals surface area (Å²) in [5.74, 6) is -1.41. The Morgan fingerprint density at radius 2 is 1.78 bits per heavy atom. The zero-order valence-corrected chi connectivity index (χ0v) is 16.1. The number of nitrogens with one attached hydrogen (secondary N) is 2. The second-order valence-corrected chi connectivity index (χ2v) is 8.65. The maximum Gasteiger partial charge on any atom is 0.257 e. The molecule has 144 valence electrons. The first-order chi connectivity index (χ1) is 12.9. The normalized spacial score (nSPS) is 15.5. The van der Waals surface area contributed by atoms with Gasteiger partial charge in [-0.1, -0.05) is 43.0 Å². The second kappa shape index (κ2) is 8.37. The highest BCUT2D eigenvalue weighted by molar-refractivity contribution is 7.89. The summed E-state index contributed by atoms with van der Waals surface area (Å²) in [5, 5.41) is 2.66. The standard InChI is InChI=1S/C19H20ClFN2O3S/c20-16-9-5-4-8-15(16)19(24)22-18-11-10-14(12-17(18)21)27(25,26)23-13-6-2-1-3-7-13/h4-5,8-13,23H,1-3,6-7H2,(H,22,24). The zero-order valence-electron chi connectivity index (χ0n) is 14.5. The van der Waals surface area contributed by atoms with Crippen molar-refractivity contribution >= 4 is 33.2 Å². The summed E-state index contributed by atoms with van der Waals surface area (Å²) in [5.41, 5.74) is 0.0887. The van der Waals surface area contributed by atoms with Gasteiger partial charge < -0.3 is 5.32 Å². The fourth-order valence-electron chi connectivity index (χ4n) is 3.11. The van der Waals surface area contributed by atoms with Gasteiger partial charge >= 0.3 is 0 Å². The van der Waals surface area contributed by atoms with Crippen LogP contribution in [0, 0.1) is 5.82 Å². The second-order valence-electron chi connectivity index (χ2n) is 6.53. The third kappa shape index (κ3) is 4.86. The number of amides is 1. The number of rotatable bonds is 5. The molecule has 0 unspecified atom stereocenters. The Kier molecular flexibility index (Phi) is 6.14. The average molecular weight is 411 g/mol. The minimum absolute atomic E-state index is 0.114. The van der Waals surface area contributed by atoms with Gasteiger partial charge in [-0.3, -0.25) is 4.79 Å². The quantitative estimate of drug-likeness (QED) is 0.769. The van der Waals surface area contributed by atoms with Gasteiger partial charge in [-0.25, -0.2) is 17.5 Å². The number of halogens is 2. The van der Waals surface area contributed by atoms with Gasteiger partial charge in [0.05, 0.1) is 21.2 Å². The molecule has 0 aromatic heterocycles. The summed E-state index contributed by atoms with van der Waals surface area (Å²) in [6.45, 7) is 0. The van der Waals surface area contributed by atoms with Crippen molar-refractivity contribution in [2.45, 2.75) is 43.0 Å². The molecule has 2 N–H and O–H groups in total. The minimum atomic E-state index is -3.81. The van der Waals surface area contributed by atoms with Gasteiger partial charge in [0.15, 0.2) is 0 Å². The van der Waals surface area contributed by atoms with Crippen LogP contribution >= 0.6 is 11.6 Å². The smallest absolute Gasteiger partial charge is 0.257 e. The maximum absolute atomic E-state index is 14.4. The Labute approximate surface area is 163 Å². The molecule has 8 heteroatoms. The van der Waals surface area contributed by atoms with E-state index in [0.717, 1.165) is 38.2 Å². The van der Waals surface area contributed by atoms with E-state index < -0.39 is 21.7 Å². The Bertz CT molecular complexity index is 944. The van der Waals surface area contributed by atoms with Gasteiger partial charge in [0, 0.05) is 6.04 Å². The predicted molar refractivity (Wildman–Crippen MR) is 103 cm³/mol. The van der Waals surface area contributed by atoms with Gasteiger partial charge in [0.2, 0.25) is 10.0 Å². The van der Waals surface area contributed by atoms with Gasteiger partial charge in [0.1, 0.15) is 5.82 Å². The summed E-state index contributed by atoms with van der Waals surface area (Å²) in [7, 11) is -3.81. The SMILES string of the molecule is O=C(Nc1ccc(S(=O)(=O)NC2CCCCC2)cc1F)c1ccccc1Cl. The molecule has 0 spiro atoms. The molecule has 0 aliphatic heterocycles. The topological polar surface area (TPSA) is 75.3 Å². The molecule has 1 fully saturated rings. The summed E-state index contributed by atoms with van der Waals surface area (Å²) >= 11 is 5.96. The lowest BCUT2D eigenvalue weighted by Gasteiger charge is -2.22. The number of hydrogen-bond donors (Lipinski definition) is 2. The molecule has 2 aromatic carbocycles. The Hall–Kier alpha value is -1.96. The third-order valence-corrected chi connectivity index (χ3v) is 6.39. The molecule has 1 amide bonds. The van der Waals surface area contributed by atoms with Crippen molar-refractivity contribution in [3.05, 3.63) is 58.9 Å². The lowest BCUT2D eigenvalue weighted by atomic mass is 9.96. The zero-order chi connectivity index (χ0) is 19.4. The molecular formula is C19H20ClFN2O3S. The molecule has 0 radical (unpaired) electrons. The molecule has 2 aromatic rings. The van der Waals surface area contributed by atoms with Gasteiger partial charge in [-0.05, 0) is 43.2 Å². The highest BCUT2D eigenvalue weighted by Gasteiger charge is 2.23. The van der Waals surface area contributed by atoms with E-state index in [2.05, 4.69) is 10.0 Å². The minimum Gasteiger partial charge on any atom is -0.319 e. The maximum atomic E-state index is 14.4. The lowest BCUT2D eigenvalue weighted by Crippen LogP contribution is -2.36. The van der Waals surface area contributed by atoms with E-state index in [1.54, 1.807) is 18.2 Å². The van der Waals surface area contributed by atoms with Crippen LogP contribution in [0.2, 0.25) is 5.02 Å². The molecule has 27 heavy (non-hydrogen) atoms. The van der Waals surface area contributed by atoms with Gasteiger partial charge in [0.25, 0.3) is 5.91 Å². The number of sulfonamides is 1. The van der Waals surface area contributed by atoms with E-state index in [-0.39, 0.29) is 27.2 Å². The number of carbonyl (C=O) groups excluding carboxylic acids is 1. The fraction of sp³-hybridized carbons (Fsp3) is 0.316. The molecule has 5 nitrogen and oxygen atoms in total. The fourth-order valence-corrected chi connectivity index (χ4v) is 4.65. The molecule has 3 rings (SSSR count). The van der Waals surface area contributed by atoms with Crippen LogP contribution in [0.5, 0.6) is 0 Å². The first-order valence-corrected chi connectivity index (χ1v) is 10.6. The third-order valence-electron chi connectivity index (χ3n) is 4.54. The van der Waals surface area contributed by atoms with Crippen molar-refractivity contribution in [2.24, 2.45) is 0 Å². The van der Waals surface area contributed by atoms with E-state index >= 15 is 0 Å². The van der Waals surface area contributed by atoms with Crippen LogP contribution in [0.1, 0.15) is 42.5 Å². The first-order valence-electron chi connectivity index (χ1n) is 8.74. The number of anilines is 1. The Morgan fingerprint density at radius 1 is 1.07 bits per heavy atom.